The van der Waals surface area contributed by atoms with Crippen LogP contribution in [0.4, 0.5) is 0 Å². The minimum Gasteiger partial charge on any atom is -0.387 e. The second-order valence-corrected chi connectivity index (χ2v) is 29.7. The maximum atomic E-state index is 12.6. The van der Waals surface area contributed by atoms with Crippen LogP contribution in [-0.4, -0.2) is 88.7 Å². The highest BCUT2D eigenvalue weighted by molar-refractivity contribution is 7.80. The zero-order valence-corrected chi connectivity index (χ0v) is 45.3. The predicted molar refractivity (Wildman–Crippen MR) is 265 cm³/mol. The molecule has 0 amide bonds. The standard InChI is InChI=1S/C58H88O11S/c1-32(37-14-16-39-35-13-18-45-49(3,4)58(61)46(59)29-56(45,31-66-58)41(35)20-22-52(37,39)9)12-19-47-54(11)28-34(51(7,8)69-54)26-43(67-47)33(2)38-15-17-40-36-27-44(68-70(62,63)64)48-50(5,6)57(60)25-24-55(48,30-65-57)42(36)21-23-53(38,40)10/h18,32-34,37-40,43-44,46-48,59-61H,12-17,19-31H2,1-11H3,(H,62,63,64)/t32-,33+,34-,37-,38-,39+,40+,43-,44+,46+,47+,48?,52-,53-,54-,55+,56+,57-,58-/m1/s1. The summed E-state index contributed by atoms with van der Waals surface area (Å²) in [5.41, 5.74) is 4.66. The smallest absolute Gasteiger partial charge is 0.387 e. The van der Waals surface area contributed by atoms with Crippen LogP contribution in [0.3, 0.4) is 0 Å². The molecular weight excluding hydrogens is 905 g/mol. The fraction of sp³-hybridized carbons (Fsp3) is 0.897. The molecule has 4 saturated carbocycles. The second-order valence-electron chi connectivity index (χ2n) is 28.7. The van der Waals surface area contributed by atoms with E-state index < -0.39 is 50.4 Å². The van der Waals surface area contributed by atoms with Crippen LogP contribution in [-0.2, 0) is 33.5 Å². The van der Waals surface area contributed by atoms with E-state index in [1.54, 1.807) is 5.57 Å². The van der Waals surface area contributed by atoms with Crippen molar-refractivity contribution >= 4 is 10.4 Å². The van der Waals surface area contributed by atoms with Gasteiger partial charge in [-0.1, -0.05) is 89.3 Å². The highest BCUT2D eigenvalue weighted by Gasteiger charge is 2.73. The van der Waals surface area contributed by atoms with Gasteiger partial charge in [-0.15, -0.1) is 0 Å². The molecule has 4 N–H and O–H groups in total. The van der Waals surface area contributed by atoms with E-state index >= 15 is 0 Å². The Bertz CT molecular complexity index is 2410. The number of hydrogen-bond acceptors (Lipinski definition) is 10. The minimum absolute atomic E-state index is 0.00107. The Balaban J connectivity index is 0.778. The van der Waals surface area contributed by atoms with E-state index in [9.17, 15) is 28.3 Å². The third-order valence-electron chi connectivity index (χ3n) is 24.9. The Morgan fingerprint density at radius 1 is 0.814 bits per heavy atom. The van der Waals surface area contributed by atoms with E-state index in [2.05, 4.69) is 68.4 Å². The summed E-state index contributed by atoms with van der Waals surface area (Å²) in [6, 6.07) is 0. The van der Waals surface area contributed by atoms with Gasteiger partial charge in [0.2, 0.25) is 5.79 Å². The van der Waals surface area contributed by atoms with E-state index in [1.165, 1.54) is 35.1 Å². The fourth-order valence-corrected chi connectivity index (χ4v) is 21.9. The summed E-state index contributed by atoms with van der Waals surface area (Å²) in [7, 11) is -4.74. The Hall–Kier alpha value is -1.19. The molecule has 2 spiro atoms. The average molecular weight is 993 g/mol. The van der Waals surface area contributed by atoms with Crippen molar-refractivity contribution in [2.45, 2.75) is 233 Å². The molecule has 6 aliphatic heterocycles. The van der Waals surface area contributed by atoms with Gasteiger partial charge in [0, 0.05) is 34.0 Å². The largest absolute Gasteiger partial charge is 0.397 e. The van der Waals surface area contributed by atoms with E-state index in [1.807, 2.05) is 13.8 Å². The number of ether oxygens (including phenoxy) is 4. The van der Waals surface area contributed by atoms with Crippen LogP contribution < -0.4 is 0 Å². The van der Waals surface area contributed by atoms with Gasteiger partial charge < -0.3 is 34.3 Å². The van der Waals surface area contributed by atoms with Crippen LogP contribution in [0.5, 0.6) is 0 Å². The molecule has 11 nitrogen and oxygen atoms in total. The Kier molecular flexibility index (Phi) is 10.8. The molecular formula is C58H88O11S. The molecule has 1 unspecified atom stereocenters. The summed E-state index contributed by atoms with van der Waals surface area (Å²) in [6.07, 6.45) is 16.9. The predicted octanol–water partition coefficient (Wildman–Crippen LogP) is 10.6. The molecule has 6 heterocycles. The van der Waals surface area contributed by atoms with Crippen LogP contribution >= 0.6 is 0 Å². The summed E-state index contributed by atoms with van der Waals surface area (Å²) in [5, 5.41) is 34.7. The quantitative estimate of drug-likeness (QED) is 0.135. The number of hydrogen-bond donors (Lipinski definition) is 4. The number of fused-ring (bicyclic) bond motifs is 10. The molecule has 14 rings (SSSR count). The third-order valence-corrected chi connectivity index (χ3v) is 25.4. The first-order valence-corrected chi connectivity index (χ1v) is 29.4. The van der Waals surface area contributed by atoms with Gasteiger partial charge in [0.1, 0.15) is 6.10 Å². The Labute approximate surface area is 419 Å². The SMILES string of the molecule is C[C@@H]([C@H]1CC[C@H]2C3=C(CC[C@]12C)[C@]12CC[C@@](O)(OC1)C(C)(C)C2[C@@H](OS(=O)(=O)O)C3)[C@H]1C[C@@H]2C[C@@](C)(OC2(C)C)[C@H](CC[C@@H](C)[C@H]2CC[C@H]3C4=C(CC[C@]23C)[C@@]23CO[C@](O)([C@@H](O)C2)C(C)(C)C3=CC4)O1. The van der Waals surface area contributed by atoms with Crippen molar-refractivity contribution in [3.8, 4) is 0 Å². The van der Waals surface area contributed by atoms with Gasteiger partial charge in [-0.05, 0) is 176 Å². The molecule has 6 saturated heterocycles. The lowest BCUT2D eigenvalue weighted by Crippen LogP contribution is -2.71. The van der Waals surface area contributed by atoms with Crippen LogP contribution in [0.1, 0.15) is 185 Å². The molecule has 0 radical (unpaired) electrons. The van der Waals surface area contributed by atoms with Crippen molar-refractivity contribution in [3.63, 3.8) is 0 Å². The summed E-state index contributed by atoms with van der Waals surface area (Å²) >= 11 is 0. The zero-order valence-electron chi connectivity index (χ0n) is 44.5. The fourth-order valence-electron chi connectivity index (χ4n) is 21.4. The van der Waals surface area contributed by atoms with Gasteiger partial charge in [-0.3, -0.25) is 4.55 Å². The average Bonchev–Trinajstić information content (AvgIpc) is 3.85. The molecule has 0 aromatic rings. The summed E-state index contributed by atoms with van der Waals surface area (Å²) in [4.78, 5) is 0. The van der Waals surface area contributed by atoms with Gasteiger partial charge >= 0.3 is 10.4 Å². The van der Waals surface area contributed by atoms with Gasteiger partial charge in [0.25, 0.3) is 0 Å². The zero-order chi connectivity index (χ0) is 50.0. The normalized spacial score (nSPS) is 52.2. The van der Waals surface area contributed by atoms with Gasteiger partial charge in [-0.2, -0.15) is 8.42 Å². The van der Waals surface area contributed by atoms with Crippen molar-refractivity contribution in [1.82, 2.24) is 0 Å². The van der Waals surface area contributed by atoms with Crippen molar-refractivity contribution < 1.29 is 51.4 Å². The summed E-state index contributed by atoms with van der Waals surface area (Å²) in [6.45, 7) is 26.0. The molecule has 8 aliphatic carbocycles. The van der Waals surface area contributed by atoms with Crippen molar-refractivity contribution in [2.75, 3.05) is 13.2 Å². The Morgan fingerprint density at radius 3 is 2.16 bits per heavy atom. The maximum absolute atomic E-state index is 12.6. The monoisotopic (exact) mass is 993 g/mol. The number of aliphatic hydroxyl groups excluding tert-OH is 1. The Morgan fingerprint density at radius 2 is 1.49 bits per heavy atom. The number of rotatable bonds is 8. The molecule has 10 fully saturated rings. The first-order chi connectivity index (χ1) is 32.5. The van der Waals surface area contributed by atoms with E-state index in [0.29, 0.717) is 68.0 Å². The van der Waals surface area contributed by atoms with E-state index in [4.69, 9.17) is 23.1 Å². The number of allylic oxidation sites excluding steroid dienone is 2. The summed E-state index contributed by atoms with van der Waals surface area (Å²) < 4.78 is 68.4. The van der Waals surface area contributed by atoms with Crippen LogP contribution in [0, 0.1) is 79.8 Å². The topological polar surface area (TPSA) is 161 Å². The van der Waals surface area contributed by atoms with E-state index in [0.717, 1.165) is 77.0 Å². The van der Waals surface area contributed by atoms with Crippen molar-refractivity contribution in [2.24, 2.45) is 79.8 Å². The second kappa shape index (κ2) is 15.3. The molecule has 12 heteroatoms. The lowest BCUT2D eigenvalue weighted by Gasteiger charge is -2.68. The lowest BCUT2D eigenvalue weighted by molar-refractivity contribution is -0.375. The van der Waals surface area contributed by atoms with E-state index in [-0.39, 0.29) is 51.5 Å². The highest BCUT2D eigenvalue weighted by atomic mass is 32.3. The molecule has 19 atom stereocenters. The van der Waals surface area contributed by atoms with Crippen LogP contribution in [0.2, 0.25) is 0 Å². The summed E-state index contributed by atoms with van der Waals surface area (Å²) in [5.74, 6) is -0.105. The highest BCUT2D eigenvalue weighted by Crippen LogP contribution is 2.74. The van der Waals surface area contributed by atoms with Crippen LogP contribution in [0.25, 0.3) is 0 Å². The maximum Gasteiger partial charge on any atom is 0.397 e. The lowest BCUT2D eigenvalue weighted by atomic mass is 9.42. The van der Waals surface area contributed by atoms with Crippen LogP contribution in [0.15, 0.2) is 33.9 Å². The molecule has 392 valence electrons. The molecule has 0 aromatic heterocycles. The number of aliphatic hydroxyl groups is 3. The third kappa shape index (κ3) is 6.39. The molecule has 6 bridgehead atoms. The van der Waals surface area contributed by atoms with Gasteiger partial charge in [0.05, 0.1) is 42.7 Å². The van der Waals surface area contributed by atoms with Crippen molar-refractivity contribution in [3.05, 3.63) is 33.9 Å². The van der Waals surface area contributed by atoms with Gasteiger partial charge in [0.15, 0.2) is 5.79 Å². The molecule has 70 heavy (non-hydrogen) atoms. The van der Waals surface area contributed by atoms with Gasteiger partial charge in [-0.25, -0.2) is 4.18 Å². The van der Waals surface area contributed by atoms with Crippen molar-refractivity contribution in [1.29, 1.82) is 0 Å². The molecule has 0 aromatic carbocycles. The first kappa shape index (κ1) is 49.7. The first-order valence-electron chi connectivity index (χ1n) is 28.1. The minimum atomic E-state index is -4.74. The molecule has 14 aliphatic rings.